The van der Waals surface area contributed by atoms with Crippen molar-refractivity contribution in [1.82, 2.24) is 9.55 Å². The van der Waals surface area contributed by atoms with Crippen molar-refractivity contribution in [2.75, 3.05) is 0 Å². The van der Waals surface area contributed by atoms with Gasteiger partial charge in [0.15, 0.2) is 0 Å². The van der Waals surface area contributed by atoms with E-state index in [1.54, 1.807) is 6.07 Å². The Morgan fingerprint density at radius 1 is 1.32 bits per heavy atom. The lowest BCUT2D eigenvalue weighted by Gasteiger charge is -2.18. The maximum Gasteiger partial charge on any atom is 0.144 e. The number of hydrogen-bond acceptors (Lipinski definition) is 1. The molecule has 0 amide bonds. The minimum atomic E-state index is -0.447. The Kier molecular flexibility index (Phi) is 4.36. The Morgan fingerprint density at radius 3 is 2.58 bits per heavy atom. The highest BCUT2D eigenvalue weighted by Crippen LogP contribution is 2.26. The molecule has 1 heterocycles. The van der Waals surface area contributed by atoms with Crippen LogP contribution in [0, 0.1) is 17.7 Å². The minimum absolute atomic E-state index is 0.118. The first-order valence-electron chi connectivity index (χ1n) is 6.34. The number of imidazole rings is 1. The first-order valence-corrected chi connectivity index (χ1v) is 7.25. The van der Waals surface area contributed by atoms with Crippen LogP contribution in [0.4, 0.5) is 4.39 Å². The lowest BCUT2D eigenvalue weighted by molar-refractivity contribution is 0.365. The number of hydrogen-bond donors (Lipinski definition) is 0. The number of alkyl halides is 1. The van der Waals surface area contributed by atoms with Crippen molar-refractivity contribution in [3.05, 3.63) is 28.8 Å². The van der Waals surface area contributed by atoms with E-state index in [0.717, 1.165) is 17.9 Å². The summed E-state index contributed by atoms with van der Waals surface area (Å²) < 4.78 is 15.5. The van der Waals surface area contributed by atoms with E-state index in [1.807, 2.05) is 4.57 Å². The van der Waals surface area contributed by atoms with Crippen molar-refractivity contribution in [3.63, 3.8) is 0 Å². The summed E-state index contributed by atoms with van der Waals surface area (Å²) in [7, 11) is 0. The van der Waals surface area contributed by atoms with E-state index in [1.165, 1.54) is 6.07 Å². The molecule has 2 rings (SSSR count). The third-order valence-electron chi connectivity index (χ3n) is 3.60. The molecule has 2 aromatic rings. The van der Waals surface area contributed by atoms with Crippen LogP contribution < -0.4 is 0 Å². The summed E-state index contributed by atoms with van der Waals surface area (Å²) in [4.78, 5) is 4.38. The molecule has 0 bridgehead atoms. The number of benzene rings is 1. The van der Waals surface area contributed by atoms with Gasteiger partial charge in [-0.05, 0) is 17.9 Å². The monoisotopic (exact) mass is 302 g/mol. The summed E-state index contributed by atoms with van der Waals surface area (Å²) in [5.41, 5.74) is 1.45. The van der Waals surface area contributed by atoms with Gasteiger partial charge >= 0.3 is 0 Å². The summed E-state index contributed by atoms with van der Waals surface area (Å²) in [6.45, 7) is 7.34. The second kappa shape index (κ2) is 5.68. The highest BCUT2D eigenvalue weighted by atomic mass is 35.5. The van der Waals surface area contributed by atoms with Crippen molar-refractivity contribution in [1.29, 1.82) is 0 Å². The summed E-state index contributed by atoms with van der Waals surface area (Å²) in [6, 6.07) is 2.99. The Hall–Kier alpha value is -0.800. The summed E-state index contributed by atoms with van der Waals surface area (Å²) in [6.07, 6.45) is 0. The quantitative estimate of drug-likeness (QED) is 0.738. The third kappa shape index (κ3) is 2.87. The SMILES string of the molecule is CC(C)C(C)Cn1c(CCl)nc2cc(F)c(Cl)cc21. The molecular formula is C14H17Cl2FN2. The maximum atomic E-state index is 13.5. The molecule has 0 aliphatic carbocycles. The van der Waals surface area contributed by atoms with Gasteiger partial charge in [-0.3, -0.25) is 0 Å². The fourth-order valence-corrected chi connectivity index (χ4v) is 2.34. The van der Waals surface area contributed by atoms with Gasteiger partial charge in [-0.25, -0.2) is 9.37 Å². The standard InChI is InChI=1S/C14H17Cl2FN2/c1-8(2)9(3)7-19-13-4-10(16)11(17)5-12(13)18-14(19)6-15/h4-5,8-9H,6-7H2,1-3H3. The van der Waals surface area contributed by atoms with Crippen molar-refractivity contribution >= 4 is 34.2 Å². The normalized spacial score (nSPS) is 13.4. The van der Waals surface area contributed by atoms with E-state index in [9.17, 15) is 4.39 Å². The molecule has 1 atom stereocenters. The minimum Gasteiger partial charge on any atom is -0.327 e. The summed E-state index contributed by atoms with van der Waals surface area (Å²) >= 11 is 11.8. The number of rotatable bonds is 4. The van der Waals surface area contributed by atoms with E-state index in [2.05, 4.69) is 25.8 Å². The molecule has 104 valence electrons. The Morgan fingerprint density at radius 2 is 2.00 bits per heavy atom. The molecule has 19 heavy (non-hydrogen) atoms. The molecule has 0 radical (unpaired) electrons. The molecule has 2 nitrogen and oxygen atoms in total. The predicted octanol–water partition coefficient (Wildman–Crippen LogP) is 4.86. The smallest absolute Gasteiger partial charge is 0.144 e. The zero-order valence-electron chi connectivity index (χ0n) is 11.3. The van der Waals surface area contributed by atoms with Gasteiger partial charge in [-0.15, -0.1) is 11.6 Å². The van der Waals surface area contributed by atoms with Crippen LogP contribution in [0.5, 0.6) is 0 Å². The zero-order chi connectivity index (χ0) is 14.2. The van der Waals surface area contributed by atoms with E-state index in [0.29, 0.717) is 23.2 Å². The highest BCUT2D eigenvalue weighted by molar-refractivity contribution is 6.31. The highest BCUT2D eigenvalue weighted by Gasteiger charge is 2.16. The Balaban J connectivity index is 2.53. The van der Waals surface area contributed by atoms with E-state index < -0.39 is 5.82 Å². The van der Waals surface area contributed by atoms with E-state index in [4.69, 9.17) is 23.2 Å². The molecule has 0 aliphatic heterocycles. The van der Waals surface area contributed by atoms with Gasteiger partial charge in [0.2, 0.25) is 0 Å². The fourth-order valence-electron chi connectivity index (χ4n) is 1.97. The first-order chi connectivity index (χ1) is 8.93. The Labute approximate surface area is 122 Å². The molecule has 0 aliphatic rings. The lowest BCUT2D eigenvalue weighted by atomic mass is 9.98. The van der Waals surface area contributed by atoms with Crippen molar-refractivity contribution < 1.29 is 4.39 Å². The molecule has 0 saturated heterocycles. The fraction of sp³-hybridized carbons (Fsp3) is 0.500. The van der Waals surface area contributed by atoms with E-state index >= 15 is 0 Å². The largest absolute Gasteiger partial charge is 0.327 e. The van der Waals surface area contributed by atoms with Crippen LogP contribution in [-0.4, -0.2) is 9.55 Å². The Bertz CT molecular complexity index is 593. The molecular weight excluding hydrogens is 286 g/mol. The third-order valence-corrected chi connectivity index (χ3v) is 4.13. The molecule has 0 fully saturated rings. The van der Waals surface area contributed by atoms with Gasteiger partial charge in [0.25, 0.3) is 0 Å². The summed E-state index contributed by atoms with van der Waals surface area (Å²) in [5, 5.41) is 0.118. The molecule has 1 aromatic heterocycles. The van der Waals surface area contributed by atoms with E-state index in [-0.39, 0.29) is 5.02 Å². The van der Waals surface area contributed by atoms with Crippen LogP contribution in [0.1, 0.15) is 26.6 Å². The number of halogens is 3. The number of fused-ring (bicyclic) bond motifs is 1. The lowest BCUT2D eigenvalue weighted by Crippen LogP contribution is -2.14. The number of nitrogens with zero attached hydrogens (tertiary/aromatic N) is 2. The van der Waals surface area contributed by atoms with Crippen LogP contribution >= 0.6 is 23.2 Å². The van der Waals surface area contributed by atoms with Gasteiger partial charge in [-0.2, -0.15) is 0 Å². The average molecular weight is 303 g/mol. The van der Waals surface area contributed by atoms with Crippen molar-refractivity contribution in [2.24, 2.45) is 11.8 Å². The van der Waals surface area contributed by atoms with Crippen molar-refractivity contribution in [3.8, 4) is 0 Å². The van der Waals surface area contributed by atoms with Crippen LogP contribution in [0.15, 0.2) is 12.1 Å². The predicted molar refractivity (Wildman–Crippen MR) is 78.3 cm³/mol. The topological polar surface area (TPSA) is 17.8 Å². The molecule has 1 unspecified atom stereocenters. The van der Waals surface area contributed by atoms with Gasteiger partial charge in [0.1, 0.15) is 11.6 Å². The van der Waals surface area contributed by atoms with Crippen molar-refractivity contribution in [2.45, 2.75) is 33.2 Å². The average Bonchev–Trinajstić information content (AvgIpc) is 2.67. The first kappa shape index (κ1) is 14.6. The second-order valence-corrected chi connectivity index (χ2v) is 5.92. The van der Waals surface area contributed by atoms with Crippen LogP contribution in [0.25, 0.3) is 11.0 Å². The molecule has 0 N–H and O–H groups in total. The maximum absolute atomic E-state index is 13.5. The molecule has 0 saturated carbocycles. The van der Waals surface area contributed by atoms with Crippen LogP contribution in [0.3, 0.4) is 0 Å². The summed E-state index contributed by atoms with van der Waals surface area (Å²) in [5.74, 6) is 1.64. The zero-order valence-corrected chi connectivity index (χ0v) is 12.8. The number of aromatic nitrogens is 2. The van der Waals surface area contributed by atoms with Gasteiger partial charge in [-0.1, -0.05) is 32.4 Å². The van der Waals surface area contributed by atoms with Crippen LogP contribution in [0.2, 0.25) is 5.02 Å². The van der Waals surface area contributed by atoms with Gasteiger partial charge < -0.3 is 4.57 Å². The molecule has 0 spiro atoms. The van der Waals surface area contributed by atoms with Gasteiger partial charge in [0.05, 0.1) is 21.9 Å². The van der Waals surface area contributed by atoms with Crippen LogP contribution in [-0.2, 0) is 12.4 Å². The second-order valence-electron chi connectivity index (χ2n) is 5.25. The molecule has 5 heteroatoms. The van der Waals surface area contributed by atoms with Gasteiger partial charge in [0, 0.05) is 12.6 Å². The molecule has 1 aromatic carbocycles.